The standard InChI is InChI=1S/C12H13BFNO2/c13-8-15-7-12(16,6-14)10-2-1-9-3-4-17-11(9)5-10/h1-5,15-16H,6-8H2. The fourth-order valence-corrected chi connectivity index (χ4v) is 1.75. The summed E-state index contributed by atoms with van der Waals surface area (Å²) in [6.45, 7) is -0.821. The number of furan rings is 1. The predicted molar refractivity (Wildman–Crippen MR) is 64.7 cm³/mol. The number of aliphatic hydroxyl groups is 1. The summed E-state index contributed by atoms with van der Waals surface area (Å²) in [6, 6.07) is 6.94. The third kappa shape index (κ3) is 2.35. The summed E-state index contributed by atoms with van der Waals surface area (Å²) in [4.78, 5) is 0. The van der Waals surface area contributed by atoms with Crippen molar-refractivity contribution in [3.05, 3.63) is 36.1 Å². The Hall–Kier alpha value is -1.33. The van der Waals surface area contributed by atoms with Gasteiger partial charge in [-0.2, -0.15) is 0 Å². The number of alkyl halides is 1. The van der Waals surface area contributed by atoms with Gasteiger partial charge in [-0.1, -0.05) is 12.1 Å². The third-order valence-corrected chi connectivity index (χ3v) is 2.78. The lowest BCUT2D eigenvalue weighted by atomic mass is 9.94. The number of hydrogen-bond donors (Lipinski definition) is 2. The van der Waals surface area contributed by atoms with Crippen LogP contribution in [0.3, 0.4) is 0 Å². The predicted octanol–water partition coefficient (Wildman–Crippen LogP) is 1.31. The van der Waals surface area contributed by atoms with Crippen molar-refractivity contribution in [3.8, 4) is 0 Å². The van der Waals surface area contributed by atoms with Crippen LogP contribution in [0.25, 0.3) is 11.0 Å². The van der Waals surface area contributed by atoms with E-state index in [1.165, 1.54) is 0 Å². The van der Waals surface area contributed by atoms with Crippen LogP contribution in [0.15, 0.2) is 34.9 Å². The van der Waals surface area contributed by atoms with E-state index >= 15 is 0 Å². The van der Waals surface area contributed by atoms with Crippen molar-refractivity contribution in [2.45, 2.75) is 5.60 Å². The van der Waals surface area contributed by atoms with Crippen molar-refractivity contribution < 1.29 is 13.9 Å². The van der Waals surface area contributed by atoms with Gasteiger partial charge in [0.25, 0.3) is 0 Å². The van der Waals surface area contributed by atoms with E-state index in [1.54, 1.807) is 24.5 Å². The smallest absolute Gasteiger partial charge is 0.134 e. The van der Waals surface area contributed by atoms with Crippen LogP contribution < -0.4 is 5.32 Å². The molecule has 88 valence electrons. The molecule has 1 heterocycles. The first kappa shape index (κ1) is 12.1. The molecule has 5 heteroatoms. The second-order valence-electron chi connectivity index (χ2n) is 3.97. The molecule has 1 aromatic carbocycles. The topological polar surface area (TPSA) is 45.4 Å². The van der Waals surface area contributed by atoms with Crippen LogP contribution in [0.5, 0.6) is 0 Å². The number of nitrogens with one attached hydrogen (secondary N) is 1. The van der Waals surface area contributed by atoms with E-state index in [0.717, 1.165) is 5.39 Å². The molecule has 0 saturated heterocycles. The Morgan fingerprint density at radius 3 is 2.94 bits per heavy atom. The average Bonchev–Trinajstić information content (AvgIpc) is 2.83. The SMILES string of the molecule is [B]CNCC(O)(CF)c1ccc2ccoc2c1. The summed E-state index contributed by atoms with van der Waals surface area (Å²) in [5, 5.41) is 13.8. The minimum Gasteiger partial charge on any atom is -0.464 e. The Bertz CT molecular complexity index is 502. The Morgan fingerprint density at radius 1 is 1.41 bits per heavy atom. The second-order valence-corrected chi connectivity index (χ2v) is 3.97. The van der Waals surface area contributed by atoms with Crippen LogP contribution in [0.4, 0.5) is 4.39 Å². The van der Waals surface area contributed by atoms with E-state index in [4.69, 9.17) is 12.3 Å². The number of fused-ring (bicyclic) bond motifs is 1. The van der Waals surface area contributed by atoms with Crippen LogP contribution in [-0.2, 0) is 5.60 Å². The minimum atomic E-state index is -1.57. The molecule has 1 aromatic heterocycles. The number of benzene rings is 1. The molecule has 0 spiro atoms. The van der Waals surface area contributed by atoms with Gasteiger partial charge < -0.3 is 14.8 Å². The van der Waals surface area contributed by atoms with Crippen LogP contribution in [0.1, 0.15) is 5.56 Å². The first-order valence-electron chi connectivity index (χ1n) is 5.36. The molecule has 0 amide bonds. The van der Waals surface area contributed by atoms with Crippen LogP contribution in [0, 0.1) is 0 Å². The van der Waals surface area contributed by atoms with Gasteiger partial charge in [-0.25, -0.2) is 4.39 Å². The lowest BCUT2D eigenvalue weighted by Gasteiger charge is -2.25. The molecule has 0 aliphatic rings. The molecule has 2 aromatic rings. The molecule has 1 atom stereocenters. The van der Waals surface area contributed by atoms with Gasteiger partial charge in [-0.15, -0.1) is 0 Å². The fraction of sp³-hybridized carbons (Fsp3) is 0.333. The van der Waals surface area contributed by atoms with Gasteiger partial charge in [-0.3, -0.25) is 0 Å². The average molecular weight is 233 g/mol. The van der Waals surface area contributed by atoms with Crippen molar-refractivity contribution in [3.63, 3.8) is 0 Å². The van der Waals surface area contributed by atoms with Crippen molar-refractivity contribution in [2.75, 3.05) is 19.7 Å². The second kappa shape index (κ2) is 4.90. The lowest BCUT2D eigenvalue weighted by molar-refractivity contribution is 0.0130. The quantitative estimate of drug-likeness (QED) is 0.765. The molecule has 0 saturated carbocycles. The molecule has 2 N–H and O–H groups in total. The number of rotatable bonds is 5. The first-order valence-corrected chi connectivity index (χ1v) is 5.36. The normalized spacial score (nSPS) is 14.9. The lowest BCUT2D eigenvalue weighted by Crippen LogP contribution is -2.40. The van der Waals surface area contributed by atoms with E-state index in [0.29, 0.717) is 11.1 Å². The molecule has 0 fully saturated rings. The third-order valence-electron chi connectivity index (χ3n) is 2.78. The Balaban J connectivity index is 2.34. The van der Waals surface area contributed by atoms with Crippen LogP contribution in [-0.4, -0.2) is 32.6 Å². The van der Waals surface area contributed by atoms with Crippen molar-refractivity contribution in [1.29, 1.82) is 0 Å². The van der Waals surface area contributed by atoms with E-state index in [2.05, 4.69) is 5.32 Å². The van der Waals surface area contributed by atoms with E-state index in [9.17, 15) is 9.50 Å². The summed E-state index contributed by atoms with van der Waals surface area (Å²) in [6.07, 6.45) is 1.74. The maximum atomic E-state index is 13.0. The summed E-state index contributed by atoms with van der Waals surface area (Å²) in [5.74, 6) is 0. The summed E-state index contributed by atoms with van der Waals surface area (Å²) < 4.78 is 18.2. The first-order chi connectivity index (χ1) is 8.19. The molecule has 2 rings (SSSR count). The highest BCUT2D eigenvalue weighted by Crippen LogP contribution is 2.25. The van der Waals surface area contributed by atoms with Gasteiger partial charge in [0, 0.05) is 11.9 Å². The highest BCUT2D eigenvalue weighted by atomic mass is 19.1. The van der Waals surface area contributed by atoms with Gasteiger partial charge in [-0.05, 0) is 24.1 Å². The van der Waals surface area contributed by atoms with Gasteiger partial charge in [0.15, 0.2) is 0 Å². The zero-order valence-electron chi connectivity index (χ0n) is 9.32. The molecule has 0 aliphatic heterocycles. The molecule has 0 aliphatic carbocycles. The van der Waals surface area contributed by atoms with Gasteiger partial charge in [0.05, 0.1) is 14.1 Å². The molecule has 3 nitrogen and oxygen atoms in total. The van der Waals surface area contributed by atoms with Crippen LogP contribution in [0.2, 0.25) is 0 Å². The van der Waals surface area contributed by atoms with E-state index in [-0.39, 0.29) is 13.0 Å². The van der Waals surface area contributed by atoms with E-state index in [1.807, 2.05) is 6.07 Å². The number of hydrogen-bond acceptors (Lipinski definition) is 3. The maximum Gasteiger partial charge on any atom is 0.134 e. The zero-order chi connectivity index (χ0) is 12.3. The highest BCUT2D eigenvalue weighted by Gasteiger charge is 2.29. The molecule has 2 radical (unpaired) electrons. The van der Waals surface area contributed by atoms with Gasteiger partial charge in [0.1, 0.15) is 17.9 Å². The summed E-state index contributed by atoms with van der Waals surface area (Å²) in [5.41, 5.74) is -0.467. The van der Waals surface area contributed by atoms with Crippen molar-refractivity contribution >= 4 is 18.8 Å². The molecular weight excluding hydrogens is 220 g/mol. The molecule has 0 bridgehead atoms. The van der Waals surface area contributed by atoms with E-state index < -0.39 is 12.3 Å². The van der Waals surface area contributed by atoms with Crippen molar-refractivity contribution in [1.82, 2.24) is 5.32 Å². The monoisotopic (exact) mass is 233 g/mol. The molecule has 17 heavy (non-hydrogen) atoms. The minimum absolute atomic E-state index is 0.0617. The maximum absolute atomic E-state index is 13.0. The van der Waals surface area contributed by atoms with Gasteiger partial charge >= 0.3 is 0 Å². The Labute approximate surface area is 100 Å². The van der Waals surface area contributed by atoms with Crippen LogP contribution >= 0.6 is 0 Å². The van der Waals surface area contributed by atoms with Gasteiger partial charge in [0.2, 0.25) is 0 Å². The fourth-order valence-electron chi connectivity index (χ4n) is 1.75. The molecular formula is C12H13BFNO2. The highest BCUT2D eigenvalue weighted by molar-refractivity contribution is 6.08. The Kier molecular flexibility index (Phi) is 3.50. The molecule has 1 unspecified atom stereocenters. The number of halogens is 1. The zero-order valence-corrected chi connectivity index (χ0v) is 9.32. The summed E-state index contributed by atoms with van der Waals surface area (Å²) in [7, 11) is 5.28. The summed E-state index contributed by atoms with van der Waals surface area (Å²) >= 11 is 0. The largest absolute Gasteiger partial charge is 0.464 e. The Morgan fingerprint density at radius 2 is 2.24 bits per heavy atom. The van der Waals surface area contributed by atoms with Crippen molar-refractivity contribution in [2.24, 2.45) is 0 Å².